The summed E-state index contributed by atoms with van der Waals surface area (Å²) in [5, 5.41) is 3.86. The van der Waals surface area contributed by atoms with Gasteiger partial charge in [-0.1, -0.05) is 18.6 Å². The highest BCUT2D eigenvalue weighted by atomic mass is 32.1. The molecule has 0 unspecified atom stereocenters. The van der Waals surface area contributed by atoms with Crippen molar-refractivity contribution in [2.75, 3.05) is 18.4 Å². The monoisotopic (exact) mass is 357 g/mol. The number of aromatic nitrogens is 1. The van der Waals surface area contributed by atoms with E-state index < -0.39 is 0 Å². The fraction of sp³-hybridized carbons (Fsp3) is 0.421. The van der Waals surface area contributed by atoms with E-state index >= 15 is 0 Å². The van der Waals surface area contributed by atoms with Crippen LogP contribution in [0.5, 0.6) is 0 Å². The van der Waals surface area contributed by atoms with Gasteiger partial charge >= 0.3 is 0 Å². The van der Waals surface area contributed by atoms with Crippen molar-refractivity contribution < 1.29 is 9.59 Å². The van der Waals surface area contributed by atoms with Gasteiger partial charge in [0.25, 0.3) is 5.91 Å². The van der Waals surface area contributed by atoms with E-state index in [1.54, 1.807) is 24.3 Å². The van der Waals surface area contributed by atoms with Crippen LogP contribution in [0.1, 0.15) is 56.9 Å². The van der Waals surface area contributed by atoms with Crippen LogP contribution in [0.3, 0.4) is 0 Å². The summed E-state index contributed by atoms with van der Waals surface area (Å²) in [7, 11) is 0. The zero-order chi connectivity index (χ0) is 17.8. The van der Waals surface area contributed by atoms with E-state index in [1.165, 1.54) is 37.5 Å². The van der Waals surface area contributed by atoms with E-state index in [4.69, 9.17) is 0 Å². The fourth-order valence-electron chi connectivity index (χ4n) is 3.04. The normalized spacial score (nSPS) is 15.1. The number of likely N-dealkylation sites (tertiary alicyclic amines) is 1. The Balaban J connectivity index is 1.69. The minimum absolute atomic E-state index is 0.0195. The van der Waals surface area contributed by atoms with Gasteiger partial charge in [0.15, 0.2) is 5.78 Å². The van der Waals surface area contributed by atoms with Gasteiger partial charge in [-0.15, -0.1) is 11.3 Å². The molecule has 2 aromatic rings. The number of benzene rings is 1. The number of carbonyl (C=O) groups excluding carboxylic acids is 2. The van der Waals surface area contributed by atoms with Gasteiger partial charge in [-0.2, -0.15) is 0 Å². The Morgan fingerprint density at radius 1 is 1.24 bits per heavy atom. The van der Waals surface area contributed by atoms with Crippen LogP contribution < -0.4 is 5.32 Å². The number of anilines is 1. The highest BCUT2D eigenvalue weighted by molar-refractivity contribution is 7.13. The van der Waals surface area contributed by atoms with Crippen LogP contribution in [0, 0.1) is 6.92 Å². The second kappa shape index (κ2) is 7.89. The average molecular weight is 357 g/mol. The Bertz CT molecular complexity index is 779. The van der Waals surface area contributed by atoms with E-state index in [2.05, 4.69) is 15.2 Å². The number of aryl methyl sites for hydroxylation is 1. The Labute approximate surface area is 152 Å². The van der Waals surface area contributed by atoms with Crippen LogP contribution in [0.2, 0.25) is 0 Å². The van der Waals surface area contributed by atoms with Crippen LogP contribution in [0.15, 0.2) is 24.3 Å². The first-order valence-corrected chi connectivity index (χ1v) is 9.45. The molecule has 2 heterocycles. The molecule has 0 radical (unpaired) electrons. The van der Waals surface area contributed by atoms with Crippen LogP contribution in [-0.4, -0.2) is 34.7 Å². The zero-order valence-electron chi connectivity index (χ0n) is 14.7. The Morgan fingerprint density at radius 2 is 2.00 bits per heavy atom. The topological polar surface area (TPSA) is 62.3 Å². The minimum Gasteiger partial charge on any atom is -0.321 e. The van der Waals surface area contributed by atoms with Gasteiger partial charge in [0.1, 0.15) is 9.88 Å². The molecule has 5 nitrogen and oxygen atoms in total. The molecule has 0 bridgehead atoms. The molecule has 25 heavy (non-hydrogen) atoms. The van der Waals surface area contributed by atoms with Crippen molar-refractivity contribution in [2.45, 2.75) is 39.7 Å². The lowest BCUT2D eigenvalue weighted by Crippen LogP contribution is -2.28. The number of rotatable bonds is 5. The lowest BCUT2D eigenvalue weighted by Gasteiger charge is -2.25. The second-order valence-electron chi connectivity index (χ2n) is 6.45. The van der Waals surface area contributed by atoms with Crippen LogP contribution >= 0.6 is 11.3 Å². The Kier molecular flexibility index (Phi) is 5.60. The van der Waals surface area contributed by atoms with Crippen LogP contribution in [-0.2, 0) is 6.54 Å². The van der Waals surface area contributed by atoms with Crippen molar-refractivity contribution in [1.82, 2.24) is 9.88 Å². The standard InChI is InChI=1S/C19H23N3O2S/c1-13-18(25-17(20-13)12-22-9-4-3-5-10-22)19(24)21-16-8-6-7-15(11-16)14(2)23/h6-8,11H,3-5,9-10,12H2,1-2H3,(H,21,24). The number of hydrogen-bond donors (Lipinski definition) is 1. The molecule has 0 saturated carbocycles. The number of amides is 1. The quantitative estimate of drug-likeness (QED) is 0.825. The van der Waals surface area contributed by atoms with Crippen molar-refractivity contribution in [2.24, 2.45) is 0 Å². The molecule has 0 aliphatic carbocycles. The van der Waals surface area contributed by atoms with Gasteiger partial charge in [-0.25, -0.2) is 4.98 Å². The summed E-state index contributed by atoms with van der Waals surface area (Å²) in [6.45, 7) is 6.42. The molecule has 6 heteroatoms. The van der Waals surface area contributed by atoms with Gasteiger partial charge in [0.2, 0.25) is 0 Å². The molecule has 3 rings (SSSR count). The van der Waals surface area contributed by atoms with Crippen LogP contribution in [0.25, 0.3) is 0 Å². The summed E-state index contributed by atoms with van der Waals surface area (Å²) in [6, 6.07) is 7.00. The number of thiazole rings is 1. The first-order valence-electron chi connectivity index (χ1n) is 8.64. The Morgan fingerprint density at radius 3 is 2.72 bits per heavy atom. The number of ketones is 1. The van der Waals surface area contributed by atoms with E-state index in [0.717, 1.165) is 30.3 Å². The summed E-state index contributed by atoms with van der Waals surface area (Å²) >= 11 is 1.46. The molecule has 1 fully saturated rings. The molecule has 1 aromatic heterocycles. The summed E-state index contributed by atoms with van der Waals surface area (Å²) in [5.41, 5.74) is 1.98. The predicted molar refractivity (Wildman–Crippen MR) is 100 cm³/mol. The number of carbonyl (C=O) groups is 2. The van der Waals surface area contributed by atoms with Gasteiger partial charge < -0.3 is 5.32 Å². The molecule has 1 aromatic carbocycles. The maximum atomic E-state index is 12.6. The maximum absolute atomic E-state index is 12.6. The molecule has 1 aliphatic rings. The SMILES string of the molecule is CC(=O)c1cccc(NC(=O)c2sc(CN3CCCCC3)nc2C)c1. The largest absolute Gasteiger partial charge is 0.321 e. The molecule has 1 saturated heterocycles. The molecule has 0 spiro atoms. The smallest absolute Gasteiger partial charge is 0.267 e. The molecular formula is C19H23N3O2S. The lowest BCUT2D eigenvalue weighted by molar-refractivity contribution is 0.101. The molecule has 1 N–H and O–H groups in total. The van der Waals surface area contributed by atoms with Crippen molar-refractivity contribution in [1.29, 1.82) is 0 Å². The number of nitrogens with zero attached hydrogens (tertiary/aromatic N) is 2. The number of nitrogens with one attached hydrogen (secondary N) is 1. The maximum Gasteiger partial charge on any atom is 0.267 e. The summed E-state index contributed by atoms with van der Waals surface area (Å²) in [6.07, 6.45) is 3.79. The summed E-state index contributed by atoms with van der Waals surface area (Å²) in [4.78, 5) is 31.7. The number of hydrogen-bond acceptors (Lipinski definition) is 5. The summed E-state index contributed by atoms with van der Waals surface area (Å²) in [5.74, 6) is -0.186. The Hall–Kier alpha value is -2.05. The van der Waals surface area contributed by atoms with E-state index in [1.807, 2.05) is 6.92 Å². The molecule has 132 valence electrons. The zero-order valence-corrected chi connectivity index (χ0v) is 15.5. The van der Waals surface area contributed by atoms with Gasteiger partial charge in [0.05, 0.1) is 12.2 Å². The summed E-state index contributed by atoms with van der Waals surface area (Å²) < 4.78 is 0. The van der Waals surface area contributed by atoms with Gasteiger partial charge in [0, 0.05) is 11.3 Å². The van der Waals surface area contributed by atoms with Crippen molar-refractivity contribution in [3.63, 3.8) is 0 Å². The number of Topliss-reactive ketones (excluding diaryl/α,β-unsaturated/α-hetero) is 1. The lowest BCUT2D eigenvalue weighted by atomic mass is 10.1. The average Bonchev–Trinajstić information content (AvgIpc) is 2.96. The third-order valence-electron chi connectivity index (χ3n) is 4.38. The van der Waals surface area contributed by atoms with Gasteiger partial charge in [-0.05, 0) is 51.9 Å². The van der Waals surface area contributed by atoms with E-state index in [0.29, 0.717) is 16.1 Å². The van der Waals surface area contributed by atoms with Crippen molar-refractivity contribution in [3.05, 3.63) is 45.4 Å². The van der Waals surface area contributed by atoms with Crippen molar-refractivity contribution >= 4 is 28.7 Å². The molecule has 1 aliphatic heterocycles. The van der Waals surface area contributed by atoms with Gasteiger partial charge in [-0.3, -0.25) is 14.5 Å². The fourth-order valence-corrected chi connectivity index (χ4v) is 4.05. The second-order valence-corrected chi connectivity index (χ2v) is 7.53. The molecule has 0 atom stereocenters. The van der Waals surface area contributed by atoms with Crippen LogP contribution in [0.4, 0.5) is 5.69 Å². The highest BCUT2D eigenvalue weighted by Crippen LogP contribution is 2.23. The predicted octanol–water partition coefficient (Wildman–Crippen LogP) is 3.89. The van der Waals surface area contributed by atoms with E-state index in [9.17, 15) is 9.59 Å². The first-order chi connectivity index (χ1) is 12.0. The third kappa shape index (κ3) is 4.52. The number of piperidine rings is 1. The third-order valence-corrected chi connectivity index (χ3v) is 5.52. The van der Waals surface area contributed by atoms with E-state index in [-0.39, 0.29) is 11.7 Å². The molecule has 1 amide bonds. The highest BCUT2D eigenvalue weighted by Gasteiger charge is 2.18. The minimum atomic E-state index is -0.166. The van der Waals surface area contributed by atoms with Crippen molar-refractivity contribution in [3.8, 4) is 0 Å². The first kappa shape index (κ1) is 17.8. The molecular weight excluding hydrogens is 334 g/mol.